The van der Waals surface area contributed by atoms with Crippen LogP contribution in [-0.4, -0.2) is 27.1 Å². The summed E-state index contributed by atoms with van der Waals surface area (Å²) in [5, 5.41) is 4.43. The maximum atomic E-state index is 13.1. The molecule has 0 saturated heterocycles. The van der Waals surface area contributed by atoms with Crippen molar-refractivity contribution < 1.29 is 4.79 Å². The molecule has 3 unspecified atom stereocenters. The summed E-state index contributed by atoms with van der Waals surface area (Å²) in [5.41, 5.74) is 2.70. The summed E-state index contributed by atoms with van der Waals surface area (Å²) in [4.78, 5) is 15.2. The van der Waals surface area contributed by atoms with Crippen molar-refractivity contribution in [2.45, 2.75) is 39.8 Å². The monoisotopic (exact) mass is 323 g/mol. The van der Waals surface area contributed by atoms with E-state index in [9.17, 15) is 4.79 Å². The fourth-order valence-corrected chi connectivity index (χ4v) is 4.05. The van der Waals surface area contributed by atoms with Crippen LogP contribution in [0, 0.1) is 17.3 Å². The van der Waals surface area contributed by atoms with Gasteiger partial charge in [-0.05, 0) is 34.9 Å². The molecule has 1 aliphatic carbocycles. The molecule has 0 spiro atoms. The number of fused-ring (bicyclic) bond motifs is 1. The molecule has 2 aromatic rings. The van der Waals surface area contributed by atoms with Crippen molar-refractivity contribution in [1.29, 1.82) is 0 Å². The summed E-state index contributed by atoms with van der Waals surface area (Å²) in [6.07, 6.45) is 4.82. The number of amides is 1. The molecule has 2 heterocycles. The van der Waals surface area contributed by atoms with E-state index in [0.29, 0.717) is 18.4 Å². The largest absolute Gasteiger partial charge is 0.336 e. The normalized spacial score (nSPS) is 28.8. The standard InChI is InChI=1S/C20H25N3O/c1-14(2)20(3)11-17(20)19(24)22-12-15-7-4-5-8-16(15)18(13-22)23-10-6-9-21-23/h4-10,14,17-18H,11-13H2,1-3H3. The van der Waals surface area contributed by atoms with Crippen LogP contribution in [0.25, 0.3) is 0 Å². The predicted octanol–water partition coefficient (Wildman–Crippen LogP) is 3.50. The van der Waals surface area contributed by atoms with Crippen molar-refractivity contribution in [3.05, 3.63) is 53.9 Å². The summed E-state index contributed by atoms with van der Waals surface area (Å²) >= 11 is 0. The van der Waals surface area contributed by atoms with Crippen molar-refractivity contribution >= 4 is 5.91 Å². The second kappa shape index (κ2) is 5.47. The van der Waals surface area contributed by atoms with E-state index in [1.165, 1.54) is 11.1 Å². The van der Waals surface area contributed by atoms with Crippen LogP contribution in [0.1, 0.15) is 44.4 Å². The number of aromatic nitrogens is 2. The molecule has 24 heavy (non-hydrogen) atoms. The molecule has 3 atom stereocenters. The zero-order valence-corrected chi connectivity index (χ0v) is 14.6. The topological polar surface area (TPSA) is 38.1 Å². The van der Waals surface area contributed by atoms with E-state index in [4.69, 9.17) is 0 Å². The first kappa shape index (κ1) is 15.4. The SMILES string of the molecule is CC(C)C1(C)CC1C(=O)N1Cc2ccccc2C(n2cccn2)C1. The Morgan fingerprint density at radius 1 is 1.29 bits per heavy atom. The summed E-state index contributed by atoms with van der Waals surface area (Å²) in [5.74, 6) is 1.05. The van der Waals surface area contributed by atoms with E-state index in [-0.39, 0.29) is 17.4 Å². The smallest absolute Gasteiger partial charge is 0.226 e. The fraction of sp³-hybridized carbons (Fsp3) is 0.500. The van der Waals surface area contributed by atoms with Gasteiger partial charge in [0.1, 0.15) is 0 Å². The van der Waals surface area contributed by atoms with Gasteiger partial charge in [0.15, 0.2) is 0 Å². The first-order valence-corrected chi connectivity index (χ1v) is 8.86. The Morgan fingerprint density at radius 2 is 2.08 bits per heavy atom. The second-order valence-electron chi connectivity index (χ2n) is 7.84. The molecule has 1 saturated carbocycles. The van der Waals surface area contributed by atoms with Crippen LogP contribution in [0.15, 0.2) is 42.7 Å². The highest BCUT2D eigenvalue weighted by Crippen LogP contribution is 2.58. The summed E-state index contributed by atoms with van der Waals surface area (Å²) in [6.45, 7) is 8.14. The summed E-state index contributed by atoms with van der Waals surface area (Å²) < 4.78 is 1.98. The van der Waals surface area contributed by atoms with Gasteiger partial charge < -0.3 is 4.90 Å². The van der Waals surface area contributed by atoms with E-state index in [1.54, 1.807) is 6.20 Å². The third-order valence-electron chi connectivity index (χ3n) is 6.22. The van der Waals surface area contributed by atoms with Crippen LogP contribution >= 0.6 is 0 Å². The Hall–Kier alpha value is -2.10. The molecule has 0 radical (unpaired) electrons. The molecule has 0 bridgehead atoms. The highest BCUT2D eigenvalue weighted by Gasteiger charge is 2.57. The predicted molar refractivity (Wildman–Crippen MR) is 93.3 cm³/mol. The summed E-state index contributed by atoms with van der Waals surface area (Å²) in [6, 6.07) is 10.5. The zero-order valence-electron chi connectivity index (χ0n) is 14.6. The molecule has 126 valence electrons. The Kier molecular flexibility index (Phi) is 3.52. The van der Waals surface area contributed by atoms with Crippen molar-refractivity contribution in [2.24, 2.45) is 17.3 Å². The third kappa shape index (κ3) is 2.36. The number of carbonyl (C=O) groups is 1. The molecule has 4 heteroatoms. The van der Waals surface area contributed by atoms with Crippen molar-refractivity contribution in [3.63, 3.8) is 0 Å². The highest BCUT2D eigenvalue weighted by atomic mass is 16.2. The first-order chi connectivity index (χ1) is 11.5. The first-order valence-electron chi connectivity index (χ1n) is 8.86. The van der Waals surface area contributed by atoms with Crippen molar-refractivity contribution in [3.8, 4) is 0 Å². The highest BCUT2D eigenvalue weighted by molar-refractivity contribution is 5.83. The minimum atomic E-state index is 0.109. The van der Waals surface area contributed by atoms with E-state index in [0.717, 1.165) is 13.0 Å². The van der Waals surface area contributed by atoms with Gasteiger partial charge in [-0.25, -0.2) is 0 Å². The number of benzene rings is 1. The van der Waals surface area contributed by atoms with Gasteiger partial charge >= 0.3 is 0 Å². The minimum Gasteiger partial charge on any atom is -0.336 e. The van der Waals surface area contributed by atoms with Gasteiger partial charge in [-0.3, -0.25) is 9.48 Å². The molecule has 4 rings (SSSR count). The zero-order chi connectivity index (χ0) is 16.9. The van der Waals surface area contributed by atoms with Crippen molar-refractivity contribution in [1.82, 2.24) is 14.7 Å². The summed E-state index contributed by atoms with van der Waals surface area (Å²) in [7, 11) is 0. The molecule has 1 fully saturated rings. The number of nitrogens with zero attached hydrogens (tertiary/aromatic N) is 3. The molecule has 1 amide bonds. The van der Waals surface area contributed by atoms with E-state index in [2.05, 4.69) is 50.1 Å². The molecule has 0 N–H and O–H groups in total. The second-order valence-corrected chi connectivity index (χ2v) is 7.84. The Morgan fingerprint density at radius 3 is 2.75 bits per heavy atom. The Labute approximate surface area is 143 Å². The molecule has 2 aliphatic rings. The molecule has 1 aliphatic heterocycles. The van der Waals surface area contributed by atoms with Gasteiger partial charge in [-0.1, -0.05) is 45.0 Å². The number of hydrogen-bond donors (Lipinski definition) is 0. The lowest BCUT2D eigenvalue weighted by atomic mass is 9.90. The van der Waals surface area contributed by atoms with Gasteiger partial charge in [0.2, 0.25) is 5.91 Å². The Balaban J connectivity index is 1.62. The average molecular weight is 323 g/mol. The van der Waals surface area contributed by atoms with E-state index >= 15 is 0 Å². The maximum Gasteiger partial charge on any atom is 0.226 e. The maximum absolute atomic E-state index is 13.1. The van der Waals surface area contributed by atoms with Crippen molar-refractivity contribution in [2.75, 3.05) is 6.54 Å². The quantitative estimate of drug-likeness (QED) is 0.867. The number of hydrogen-bond acceptors (Lipinski definition) is 2. The lowest BCUT2D eigenvalue weighted by Gasteiger charge is -2.35. The van der Waals surface area contributed by atoms with Gasteiger partial charge in [-0.15, -0.1) is 0 Å². The minimum absolute atomic E-state index is 0.109. The van der Waals surface area contributed by atoms with Crippen LogP contribution in [0.4, 0.5) is 0 Å². The van der Waals surface area contributed by atoms with Crippen LogP contribution in [0.3, 0.4) is 0 Å². The van der Waals surface area contributed by atoms with Gasteiger partial charge in [0, 0.05) is 31.4 Å². The lowest BCUT2D eigenvalue weighted by molar-refractivity contribution is -0.135. The van der Waals surface area contributed by atoms with Gasteiger partial charge in [0.05, 0.1) is 6.04 Å². The molecule has 1 aromatic carbocycles. The van der Waals surface area contributed by atoms with Crippen LogP contribution < -0.4 is 0 Å². The van der Waals surface area contributed by atoms with E-state index in [1.807, 2.05) is 21.8 Å². The molecular weight excluding hydrogens is 298 g/mol. The number of rotatable bonds is 3. The van der Waals surface area contributed by atoms with Crippen LogP contribution in [0.2, 0.25) is 0 Å². The van der Waals surface area contributed by atoms with Gasteiger partial charge in [0.25, 0.3) is 0 Å². The van der Waals surface area contributed by atoms with Crippen LogP contribution in [0.5, 0.6) is 0 Å². The molecular formula is C20H25N3O. The average Bonchev–Trinajstić information content (AvgIpc) is 3.03. The lowest BCUT2D eigenvalue weighted by Crippen LogP contribution is -2.42. The van der Waals surface area contributed by atoms with Crippen LogP contribution in [-0.2, 0) is 11.3 Å². The Bertz CT molecular complexity index is 752. The van der Waals surface area contributed by atoms with Gasteiger partial charge in [-0.2, -0.15) is 5.10 Å². The number of carbonyl (C=O) groups excluding carboxylic acids is 1. The molecule has 4 nitrogen and oxygen atoms in total. The third-order valence-corrected chi connectivity index (χ3v) is 6.22. The van der Waals surface area contributed by atoms with E-state index < -0.39 is 0 Å². The fourth-order valence-electron chi connectivity index (χ4n) is 4.05. The molecule has 1 aromatic heterocycles.